The van der Waals surface area contributed by atoms with E-state index < -0.39 is 0 Å². The van der Waals surface area contributed by atoms with Gasteiger partial charge in [0.05, 0.1) is 18.7 Å². The summed E-state index contributed by atoms with van der Waals surface area (Å²) in [6.45, 7) is 2.59. The maximum Gasteiger partial charge on any atom is 0.230 e. The quantitative estimate of drug-likeness (QED) is 0.757. The lowest BCUT2D eigenvalue weighted by Gasteiger charge is -2.07. The van der Waals surface area contributed by atoms with Crippen LogP contribution in [0.4, 0.5) is 5.69 Å². The zero-order chi connectivity index (χ0) is 15.4. The molecule has 0 saturated carbocycles. The van der Waals surface area contributed by atoms with Gasteiger partial charge in [0.1, 0.15) is 0 Å². The standard InChI is InChI=1S/C16H17N5O/c1-12-8-15(20-19-12)10-16(22)18-14-5-2-4-13(9-14)11-21-7-3-6-17-21/h2-9H,10-11H2,1H3,(H,18,22)(H,19,20). The van der Waals surface area contributed by atoms with Crippen LogP contribution in [0, 0.1) is 6.92 Å². The lowest BCUT2D eigenvalue weighted by molar-refractivity contribution is -0.115. The molecule has 3 aromatic rings. The van der Waals surface area contributed by atoms with Crippen molar-refractivity contribution in [1.29, 1.82) is 0 Å². The highest BCUT2D eigenvalue weighted by atomic mass is 16.1. The Morgan fingerprint density at radius 2 is 2.23 bits per heavy atom. The van der Waals surface area contributed by atoms with E-state index in [4.69, 9.17) is 0 Å². The Morgan fingerprint density at radius 1 is 1.32 bits per heavy atom. The third-order valence-electron chi connectivity index (χ3n) is 3.22. The molecule has 0 bridgehead atoms. The molecule has 3 rings (SSSR count). The van der Waals surface area contributed by atoms with E-state index in [-0.39, 0.29) is 12.3 Å². The number of H-pyrrole nitrogens is 1. The van der Waals surface area contributed by atoms with E-state index in [0.29, 0.717) is 6.54 Å². The normalized spacial score (nSPS) is 10.6. The Kier molecular flexibility index (Phi) is 4.00. The first-order valence-electron chi connectivity index (χ1n) is 7.06. The number of amides is 1. The predicted molar refractivity (Wildman–Crippen MR) is 83.4 cm³/mol. The molecule has 6 heteroatoms. The maximum atomic E-state index is 12.0. The van der Waals surface area contributed by atoms with Gasteiger partial charge in [-0.1, -0.05) is 12.1 Å². The molecule has 0 radical (unpaired) electrons. The summed E-state index contributed by atoms with van der Waals surface area (Å²) in [7, 11) is 0. The number of aromatic amines is 1. The highest BCUT2D eigenvalue weighted by Gasteiger charge is 2.07. The molecule has 2 N–H and O–H groups in total. The van der Waals surface area contributed by atoms with Gasteiger partial charge in [0.2, 0.25) is 5.91 Å². The largest absolute Gasteiger partial charge is 0.326 e. The van der Waals surface area contributed by atoms with Gasteiger partial charge in [-0.25, -0.2) is 0 Å². The number of anilines is 1. The van der Waals surface area contributed by atoms with Gasteiger partial charge in [0.25, 0.3) is 0 Å². The number of rotatable bonds is 5. The molecule has 1 amide bonds. The van der Waals surface area contributed by atoms with Crippen molar-refractivity contribution >= 4 is 11.6 Å². The third kappa shape index (κ3) is 3.60. The van der Waals surface area contributed by atoms with Crippen LogP contribution in [0.5, 0.6) is 0 Å². The van der Waals surface area contributed by atoms with Crippen LogP contribution in [-0.4, -0.2) is 25.9 Å². The summed E-state index contributed by atoms with van der Waals surface area (Å²) in [6.07, 6.45) is 3.91. The number of aromatic nitrogens is 4. The summed E-state index contributed by atoms with van der Waals surface area (Å²) in [5.41, 5.74) is 3.55. The van der Waals surface area contributed by atoms with Crippen LogP contribution < -0.4 is 5.32 Å². The Bertz CT molecular complexity index is 760. The molecule has 0 spiro atoms. The first kappa shape index (κ1) is 14.1. The number of benzene rings is 1. The second-order valence-electron chi connectivity index (χ2n) is 5.17. The fraction of sp³-hybridized carbons (Fsp3) is 0.188. The highest BCUT2D eigenvalue weighted by Crippen LogP contribution is 2.12. The molecule has 22 heavy (non-hydrogen) atoms. The molecule has 2 aromatic heterocycles. The Morgan fingerprint density at radius 3 is 2.95 bits per heavy atom. The molecule has 0 unspecified atom stereocenters. The first-order chi connectivity index (χ1) is 10.7. The van der Waals surface area contributed by atoms with Crippen molar-refractivity contribution in [2.45, 2.75) is 19.9 Å². The van der Waals surface area contributed by atoms with Crippen molar-refractivity contribution in [3.63, 3.8) is 0 Å². The summed E-state index contributed by atoms with van der Waals surface area (Å²) >= 11 is 0. The van der Waals surface area contributed by atoms with E-state index in [1.165, 1.54) is 0 Å². The van der Waals surface area contributed by atoms with E-state index in [2.05, 4.69) is 20.6 Å². The van der Waals surface area contributed by atoms with Crippen LogP contribution in [0.3, 0.4) is 0 Å². The van der Waals surface area contributed by atoms with Crippen molar-refractivity contribution in [2.75, 3.05) is 5.32 Å². The summed E-state index contributed by atoms with van der Waals surface area (Å²) in [5.74, 6) is -0.0808. The second kappa shape index (κ2) is 6.26. The summed E-state index contributed by atoms with van der Waals surface area (Å²) in [6, 6.07) is 11.5. The molecular weight excluding hydrogens is 278 g/mol. The lowest BCUT2D eigenvalue weighted by atomic mass is 10.2. The Hall–Kier alpha value is -2.89. The van der Waals surface area contributed by atoms with Gasteiger partial charge >= 0.3 is 0 Å². The highest BCUT2D eigenvalue weighted by molar-refractivity contribution is 5.92. The molecule has 0 atom stereocenters. The van der Waals surface area contributed by atoms with Crippen molar-refractivity contribution in [3.8, 4) is 0 Å². The van der Waals surface area contributed by atoms with Gasteiger partial charge in [-0.05, 0) is 36.8 Å². The predicted octanol–water partition coefficient (Wildman–Crippen LogP) is 2.14. The fourth-order valence-corrected chi connectivity index (χ4v) is 2.26. The van der Waals surface area contributed by atoms with Gasteiger partial charge < -0.3 is 5.32 Å². The Labute approximate surface area is 128 Å². The molecule has 0 aliphatic rings. The number of hydrogen-bond donors (Lipinski definition) is 2. The van der Waals surface area contributed by atoms with Gasteiger partial charge in [-0.2, -0.15) is 10.2 Å². The molecule has 0 aliphatic carbocycles. The molecule has 112 valence electrons. The van der Waals surface area contributed by atoms with E-state index in [9.17, 15) is 4.79 Å². The first-order valence-corrected chi connectivity index (χ1v) is 7.06. The van der Waals surface area contributed by atoms with Gasteiger partial charge in [0.15, 0.2) is 0 Å². The molecule has 2 heterocycles. The average Bonchev–Trinajstić information content (AvgIpc) is 3.11. The second-order valence-corrected chi connectivity index (χ2v) is 5.17. The number of nitrogens with zero attached hydrogens (tertiary/aromatic N) is 3. The van der Waals surface area contributed by atoms with Crippen molar-refractivity contribution in [3.05, 3.63) is 65.7 Å². The van der Waals surface area contributed by atoms with Crippen LogP contribution >= 0.6 is 0 Å². The van der Waals surface area contributed by atoms with Gasteiger partial charge in [-0.3, -0.25) is 14.6 Å². The van der Waals surface area contributed by atoms with Gasteiger partial charge in [0, 0.05) is 23.8 Å². The number of aryl methyl sites for hydroxylation is 1. The molecule has 0 saturated heterocycles. The minimum Gasteiger partial charge on any atom is -0.326 e. The molecule has 6 nitrogen and oxygen atoms in total. The summed E-state index contributed by atoms with van der Waals surface area (Å²) < 4.78 is 1.84. The number of carbonyl (C=O) groups is 1. The molecule has 1 aromatic carbocycles. The van der Waals surface area contributed by atoms with Gasteiger partial charge in [-0.15, -0.1) is 0 Å². The summed E-state index contributed by atoms with van der Waals surface area (Å²) in [5, 5.41) is 14.0. The molecule has 0 fully saturated rings. The summed E-state index contributed by atoms with van der Waals surface area (Å²) in [4.78, 5) is 12.0. The van der Waals surface area contributed by atoms with Crippen LogP contribution in [0.2, 0.25) is 0 Å². The Balaban J connectivity index is 1.63. The zero-order valence-electron chi connectivity index (χ0n) is 12.3. The van der Waals surface area contributed by atoms with Crippen molar-refractivity contribution in [1.82, 2.24) is 20.0 Å². The van der Waals surface area contributed by atoms with E-state index >= 15 is 0 Å². The van der Waals surface area contributed by atoms with E-state index in [1.54, 1.807) is 6.20 Å². The molecule has 0 aliphatic heterocycles. The number of hydrogen-bond acceptors (Lipinski definition) is 3. The van der Waals surface area contributed by atoms with Crippen molar-refractivity contribution in [2.24, 2.45) is 0 Å². The van der Waals surface area contributed by atoms with Crippen LogP contribution in [0.15, 0.2) is 48.8 Å². The minimum absolute atomic E-state index is 0.0808. The minimum atomic E-state index is -0.0808. The topological polar surface area (TPSA) is 75.6 Å². The number of nitrogens with one attached hydrogen (secondary N) is 2. The fourth-order valence-electron chi connectivity index (χ4n) is 2.26. The smallest absolute Gasteiger partial charge is 0.230 e. The van der Waals surface area contributed by atoms with Crippen LogP contribution in [-0.2, 0) is 17.8 Å². The maximum absolute atomic E-state index is 12.0. The van der Waals surface area contributed by atoms with E-state index in [0.717, 1.165) is 22.6 Å². The molecular formula is C16H17N5O. The average molecular weight is 295 g/mol. The van der Waals surface area contributed by atoms with Crippen LogP contribution in [0.1, 0.15) is 17.0 Å². The van der Waals surface area contributed by atoms with E-state index in [1.807, 2.05) is 54.2 Å². The third-order valence-corrected chi connectivity index (χ3v) is 3.22. The van der Waals surface area contributed by atoms with Crippen LogP contribution in [0.25, 0.3) is 0 Å². The monoisotopic (exact) mass is 295 g/mol. The SMILES string of the molecule is Cc1cc(CC(=O)Nc2cccc(Cn3cccn3)c2)n[nH]1. The number of carbonyl (C=O) groups excluding carboxylic acids is 1. The van der Waals surface area contributed by atoms with Crippen molar-refractivity contribution < 1.29 is 4.79 Å². The zero-order valence-corrected chi connectivity index (χ0v) is 12.3. The lowest BCUT2D eigenvalue weighted by Crippen LogP contribution is -2.14.